The first-order valence-electron chi connectivity index (χ1n) is 6.02. The summed E-state index contributed by atoms with van der Waals surface area (Å²) in [6, 6.07) is 12.2. The summed E-state index contributed by atoms with van der Waals surface area (Å²) in [5.41, 5.74) is 0.947. The molecule has 1 heterocycles. The van der Waals surface area contributed by atoms with Gasteiger partial charge in [0, 0.05) is 22.4 Å². The summed E-state index contributed by atoms with van der Waals surface area (Å²) in [7, 11) is 1.50. The van der Waals surface area contributed by atoms with Crippen LogP contribution in [0.15, 0.2) is 42.5 Å². The number of H-pyrrole nitrogens is 1. The van der Waals surface area contributed by atoms with Crippen molar-refractivity contribution in [2.24, 2.45) is 0 Å². The van der Waals surface area contributed by atoms with Crippen LogP contribution in [0.5, 0.6) is 5.75 Å². The molecule has 0 atom stereocenters. The third-order valence-corrected chi connectivity index (χ3v) is 3.44. The number of nitrogens with one attached hydrogen (secondary N) is 1. The van der Waals surface area contributed by atoms with Crippen molar-refractivity contribution >= 4 is 23.0 Å². The molecule has 0 radical (unpaired) electrons. The fourth-order valence-electron chi connectivity index (χ4n) is 2.13. The minimum Gasteiger partial charge on any atom is -0.497 e. The molecule has 0 saturated carbocycles. The Morgan fingerprint density at radius 3 is 2.60 bits per heavy atom. The second-order valence-electron chi connectivity index (χ2n) is 4.29. The molecule has 2 aromatic carbocycles. The van der Waals surface area contributed by atoms with Crippen LogP contribution in [0.3, 0.4) is 0 Å². The predicted octanol–water partition coefficient (Wildman–Crippen LogP) is 4.11. The third-order valence-electron chi connectivity index (χ3n) is 3.13. The number of rotatable bonds is 2. The van der Waals surface area contributed by atoms with Crippen molar-refractivity contribution in [3.63, 3.8) is 0 Å². The Morgan fingerprint density at radius 2 is 1.90 bits per heavy atom. The van der Waals surface area contributed by atoms with E-state index < -0.39 is 0 Å². The van der Waals surface area contributed by atoms with E-state index in [0.717, 1.165) is 10.8 Å². The maximum atomic E-state index is 14.2. The number of aromatic nitrogens is 2. The second kappa shape index (κ2) is 5.02. The molecule has 0 saturated heterocycles. The molecule has 20 heavy (non-hydrogen) atoms. The molecular formula is C15H11FN2OS. The van der Waals surface area contributed by atoms with Crippen molar-refractivity contribution in [2.45, 2.75) is 0 Å². The molecule has 3 nitrogen and oxygen atoms in total. The summed E-state index contributed by atoms with van der Waals surface area (Å²) in [5.74, 6) is 0.0898. The first-order chi connectivity index (χ1) is 9.70. The maximum Gasteiger partial charge on any atom is 0.136 e. The number of hydrogen-bond acceptors (Lipinski definition) is 3. The van der Waals surface area contributed by atoms with Gasteiger partial charge in [-0.25, -0.2) is 4.39 Å². The fraction of sp³-hybridized carbons (Fsp3) is 0.0667. The molecule has 0 amide bonds. The largest absolute Gasteiger partial charge is 0.497 e. The molecule has 0 bridgehead atoms. The molecule has 0 aliphatic carbocycles. The summed E-state index contributed by atoms with van der Waals surface area (Å²) in [4.78, 5) is 0. The highest BCUT2D eigenvalue weighted by atomic mass is 32.1. The number of nitrogens with zero attached hydrogens (tertiary/aromatic N) is 1. The van der Waals surface area contributed by atoms with E-state index in [1.165, 1.54) is 13.2 Å². The first-order valence-corrected chi connectivity index (χ1v) is 6.43. The van der Waals surface area contributed by atoms with Gasteiger partial charge in [-0.3, -0.25) is 5.10 Å². The van der Waals surface area contributed by atoms with Crippen LogP contribution in [0, 0.1) is 10.5 Å². The molecule has 0 fully saturated rings. The van der Waals surface area contributed by atoms with Crippen LogP contribution in [0.1, 0.15) is 0 Å². The van der Waals surface area contributed by atoms with Crippen LogP contribution in [-0.2, 0) is 0 Å². The molecule has 0 spiro atoms. The molecule has 0 unspecified atom stereocenters. The van der Waals surface area contributed by atoms with Crippen LogP contribution in [-0.4, -0.2) is 17.3 Å². The van der Waals surface area contributed by atoms with Gasteiger partial charge in [-0.1, -0.05) is 36.5 Å². The molecule has 3 aromatic rings. The lowest BCUT2D eigenvalue weighted by Gasteiger charge is -2.08. The molecule has 0 aliphatic heterocycles. The highest BCUT2D eigenvalue weighted by molar-refractivity contribution is 7.71. The van der Waals surface area contributed by atoms with Gasteiger partial charge >= 0.3 is 0 Å². The Kier molecular flexibility index (Phi) is 3.20. The average Bonchev–Trinajstić information content (AvgIpc) is 2.48. The van der Waals surface area contributed by atoms with Crippen molar-refractivity contribution in [3.05, 3.63) is 52.9 Å². The highest BCUT2D eigenvalue weighted by Gasteiger charge is 2.12. The van der Waals surface area contributed by atoms with E-state index >= 15 is 0 Å². The van der Waals surface area contributed by atoms with Gasteiger partial charge in [-0.15, -0.1) is 0 Å². The van der Waals surface area contributed by atoms with Gasteiger partial charge in [0.25, 0.3) is 0 Å². The Balaban J connectivity index is 2.30. The molecule has 0 aliphatic rings. The number of benzene rings is 2. The van der Waals surface area contributed by atoms with Gasteiger partial charge in [0.05, 0.1) is 7.11 Å². The summed E-state index contributed by atoms with van der Waals surface area (Å²) in [6.45, 7) is 0. The first kappa shape index (κ1) is 12.7. The summed E-state index contributed by atoms with van der Waals surface area (Å²) >= 11 is 5.20. The Labute approximate surface area is 120 Å². The van der Waals surface area contributed by atoms with Crippen LogP contribution in [0.25, 0.3) is 22.0 Å². The van der Waals surface area contributed by atoms with Crippen LogP contribution in [0.2, 0.25) is 0 Å². The van der Waals surface area contributed by atoms with Crippen molar-refractivity contribution in [3.8, 4) is 17.0 Å². The van der Waals surface area contributed by atoms with Crippen molar-refractivity contribution < 1.29 is 9.13 Å². The molecule has 3 rings (SSSR count). The second-order valence-corrected chi connectivity index (χ2v) is 4.70. The van der Waals surface area contributed by atoms with Gasteiger partial charge in [-0.05, 0) is 12.1 Å². The van der Waals surface area contributed by atoms with E-state index in [2.05, 4.69) is 10.2 Å². The Bertz CT molecular complexity index is 845. The van der Waals surface area contributed by atoms with E-state index in [0.29, 0.717) is 21.6 Å². The lowest BCUT2D eigenvalue weighted by molar-refractivity contribution is 0.411. The highest BCUT2D eigenvalue weighted by Crippen LogP contribution is 2.30. The monoisotopic (exact) mass is 286 g/mol. The van der Waals surface area contributed by atoms with Crippen molar-refractivity contribution in [1.82, 2.24) is 10.2 Å². The minimum atomic E-state index is -0.382. The number of methoxy groups -OCH3 is 1. The van der Waals surface area contributed by atoms with Crippen LogP contribution < -0.4 is 4.74 Å². The lowest BCUT2D eigenvalue weighted by atomic mass is 10.0. The minimum absolute atomic E-state index is 0.382. The maximum absolute atomic E-state index is 14.2. The summed E-state index contributed by atoms with van der Waals surface area (Å²) in [5, 5.41) is 8.62. The average molecular weight is 286 g/mol. The Hall–Kier alpha value is -2.27. The van der Waals surface area contributed by atoms with Gasteiger partial charge < -0.3 is 4.74 Å². The zero-order chi connectivity index (χ0) is 14.1. The number of halogens is 1. The van der Waals surface area contributed by atoms with E-state index in [1.54, 1.807) is 12.1 Å². The van der Waals surface area contributed by atoms with E-state index in [1.807, 2.05) is 24.3 Å². The smallest absolute Gasteiger partial charge is 0.136 e. The quantitative estimate of drug-likeness (QED) is 0.720. The summed E-state index contributed by atoms with van der Waals surface area (Å²) in [6.07, 6.45) is 0. The van der Waals surface area contributed by atoms with Crippen molar-refractivity contribution in [1.29, 1.82) is 0 Å². The third kappa shape index (κ3) is 2.06. The fourth-order valence-corrected chi connectivity index (χ4v) is 2.36. The summed E-state index contributed by atoms with van der Waals surface area (Å²) < 4.78 is 19.7. The standard InChI is InChI=1S/C15H11FN2OS/c1-19-9-6-7-12(13(16)8-9)14-10-4-2-3-5-11(10)15(20)18-17-14/h2-8H,1H3,(H,18,20). The molecular weight excluding hydrogens is 275 g/mol. The zero-order valence-corrected chi connectivity index (χ0v) is 11.5. The van der Waals surface area contributed by atoms with Gasteiger partial charge in [0.15, 0.2) is 0 Å². The van der Waals surface area contributed by atoms with Gasteiger partial charge in [0.1, 0.15) is 21.9 Å². The number of hydrogen-bond donors (Lipinski definition) is 1. The normalized spacial score (nSPS) is 10.7. The molecule has 1 N–H and O–H groups in total. The molecule has 1 aromatic heterocycles. The van der Waals surface area contributed by atoms with Crippen molar-refractivity contribution in [2.75, 3.05) is 7.11 Å². The van der Waals surface area contributed by atoms with E-state index in [-0.39, 0.29) is 5.82 Å². The van der Waals surface area contributed by atoms with E-state index in [9.17, 15) is 4.39 Å². The van der Waals surface area contributed by atoms with Gasteiger partial charge in [0.2, 0.25) is 0 Å². The topological polar surface area (TPSA) is 37.9 Å². The number of ether oxygens (including phenoxy) is 1. The van der Waals surface area contributed by atoms with Crippen LogP contribution >= 0.6 is 12.2 Å². The van der Waals surface area contributed by atoms with Gasteiger partial charge in [-0.2, -0.15) is 5.10 Å². The number of fused-ring (bicyclic) bond motifs is 1. The lowest BCUT2D eigenvalue weighted by Crippen LogP contribution is -1.94. The number of aromatic amines is 1. The van der Waals surface area contributed by atoms with E-state index in [4.69, 9.17) is 17.0 Å². The molecule has 5 heteroatoms. The predicted molar refractivity (Wildman–Crippen MR) is 78.9 cm³/mol. The Morgan fingerprint density at radius 1 is 1.15 bits per heavy atom. The SMILES string of the molecule is COc1ccc(-c2n[nH]c(=S)c3ccccc23)c(F)c1. The zero-order valence-electron chi connectivity index (χ0n) is 10.7. The molecule has 100 valence electrons. The van der Waals surface area contributed by atoms with Crippen LogP contribution in [0.4, 0.5) is 4.39 Å².